The van der Waals surface area contributed by atoms with Gasteiger partial charge in [-0.1, -0.05) is 0 Å². The van der Waals surface area contributed by atoms with Gasteiger partial charge in [-0.25, -0.2) is 9.97 Å². The summed E-state index contributed by atoms with van der Waals surface area (Å²) in [5, 5.41) is 8.94. The van der Waals surface area contributed by atoms with Crippen LogP contribution in [0.3, 0.4) is 0 Å². The van der Waals surface area contributed by atoms with Gasteiger partial charge in [0, 0.05) is 45.8 Å². The third kappa shape index (κ3) is 3.45. The highest BCUT2D eigenvalue weighted by Crippen LogP contribution is 2.22. The zero-order valence-corrected chi connectivity index (χ0v) is 14.6. The minimum Gasteiger partial charge on any atom is -0.369 e. The van der Waals surface area contributed by atoms with E-state index in [9.17, 15) is 0 Å². The molecule has 1 aliphatic rings. The Hall–Kier alpha value is -1.73. The van der Waals surface area contributed by atoms with E-state index in [0.29, 0.717) is 6.04 Å². The van der Waals surface area contributed by atoms with Crippen LogP contribution in [0, 0.1) is 6.92 Å². The van der Waals surface area contributed by atoms with Crippen molar-refractivity contribution >= 4 is 16.9 Å². The highest BCUT2D eigenvalue weighted by atomic mass is 15.3. The molecule has 1 N–H and O–H groups in total. The highest BCUT2D eigenvalue weighted by molar-refractivity contribution is 5.88. The third-order valence-corrected chi connectivity index (χ3v) is 4.81. The third-order valence-electron chi connectivity index (χ3n) is 4.81. The highest BCUT2D eigenvalue weighted by Gasteiger charge is 2.19. The largest absolute Gasteiger partial charge is 0.369 e. The first-order valence-electron chi connectivity index (χ1n) is 8.37. The molecular weight excluding hydrogens is 290 g/mol. The van der Waals surface area contributed by atoms with Gasteiger partial charge < -0.3 is 10.2 Å². The average Bonchev–Trinajstić information content (AvgIpc) is 2.83. The normalized spacial score (nSPS) is 18.4. The van der Waals surface area contributed by atoms with Crippen LogP contribution in [-0.2, 0) is 7.05 Å². The number of hydrogen-bond donors (Lipinski definition) is 1. The molecule has 0 aliphatic carbocycles. The first kappa shape index (κ1) is 16.1. The molecule has 0 aromatic carbocycles. The summed E-state index contributed by atoms with van der Waals surface area (Å²) in [7, 11) is 4.11. The molecule has 7 heteroatoms. The lowest BCUT2D eigenvalue weighted by molar-refractivity contribution is 0.116. The van der Waals surface area contributed by atoms with Gasteiger partial charge in [0.2, 0.25) is 0 Å². The fraction of sp³-hybridized carbons (Fsp3) is 0.688. The lowest BCUT2D eigenvalue weighted by Gasteiger charge is -2.36. The average molecular weight is 317 g/mol. The molecule has 0 amide bonds. The number of likely N-dealkylation sites (N-methyl/N-ethyl adjacent to an activating group) is 1. The number of anilines is 1. The van der Waals surface area contributed by atoms with E-state index in [4.69, 9.17) is 0 Å². The Morgan fingerprint density at radius 1 is 1.17 bits per heavy atom. The van der Waals surface area contributed by atoms with Gasteiger partial charge in [0.25, 0.3) is 0 Å². The van der Waals surface area contributed by atoms with Crippen LogP contribution < -0.4 is 5.32 Å². The molecule has 1 fully saturated rings. The number of aryl methyl sites for hydroxylation is 2. The van der Waals surface area contributed by atoms with Crippen molar-refractivity contribution in [2.24, 2.45) is 7.05 Å². The molecule has 3 heterocycles. The van der Waals surface area contributed by atoms with Crippen molar-refractivity contribution in [3.8, 4) is 0 Å². The maximum atomic E-state index is 4.44. The van der Waals surface area contributed by atoms with Gasteiger partial charge in [0.05, 0.1) is 11.1 Å². The predicted octanol–water partition coefficient (Wildman–Crippen LogP) is 1.11. The van der Waals surface area contributed by atoms with E-state index < -0.39 is 0 Å². The first-order chi connectivity index (χ1) is 11.1. The molecule has 0 spiro atoms. The molecule has 7 nitrogen and oxygen atoms in total. The van der Waals surface area contributed by atoms with E-state index in [1.54, 1.807) is 6.33 Å². The smallest absolute Gasteiger partial charge is 0.163 e. The van der Waals surface area contributed by atoms with Crippen molar-refractivity contribution in [3.05, 3.63) is 12.0 Å². The van der Waals surface area contributed by atoms with Crippen molar-refractivity contribution in [2.45, 2.75) is 26.3 Å². The van der Waals surface area contributed by atoms with Crippen LogP contribution in [0.2, 0.25) is 0 Å². The molecule has 23 heavy (non-hydrogen) atoms. The molecule has 0 saturated carbocycles. The van der Waals surface area contributed by atoms with Crippen LogP contribution in [0.15, 0.2) is 6.33 Å². The minimum absolute atomic E-state index is 0.587. The van der Waals surface area contributed by atoms with Crippen LogP contribution in [-0.4, -0.2) is 75.4 Å². The van der Waals surface area contributed by atoms with Gasteiger partial charge in [0.15, 0.2) is 5.65 Å². The Morgan fingerprint density at radius 3 is 2.65 bits per heavy atom. The zero-order chi connectivity index (χ0) is 16.4. The Balaban J connectivity index is 1.59. The maximum Gasteiger partial charge on any atom is 0.163 e. The van der Waals surface area contributed by atoms with E-state index in [0.717, 1.165) is 48.6 Å². The number of fused-ring (bicyclic) bond motifs is 1. The van der Waals surface area contributed by atoms with Gasteiger partial charge in [-0.2, -0.15) is 5.10 Å². The molecule has 0 unspecified atom stereocenters. The molecule has 2 aromatic heterocycles. The SMILES string of the molecule is Cc1nn(C)c2ncnc(NCC[C@H](C)N3CCN(C)CC3)c12. The molecule has 126 valence electrons. The van der Waals surface area contributed by atoms with Crippen LogP contribution >= 0.6 is 0 Å². The zero-order valence-electron chi connectivity index (χ0n) is 14.6. The predicted molar refractivity (Wildman–Crippen MR) is 92.7 cm³/mol. The number of piperazine rings is 1. The minimum atomic E-state index is 0.587. The number of nitrogens with zero attached hydrogens (tertiary/aromatic N) is 6. The van der Waals surface area contributed by atoms with Crippen LogP contribution in [0.5, 0.6) is 0 Å². The van der Waals surface area contributed by atoms with Crippen LogP contribution in [0.4, 0.5) is 5.82 Å². The van der Waals surface area contributed by atoms with Crippen molar-refractivity contribution in [1.29, 1.82) is 0 Å². The summed E-state index contributed by atoms with van der Waals surface area (Å²) in [5.41, 5.74) is 1.85. The van der Waals surface area contributed by atoms with Crippen molar-refractivity contribution < 1.29 is 0 Å². The van der Waals surface area contributed by atoms with Crippen molar-refractivity contribution in [2.75, 3.05) is 45.1 Å². The number of rotatable bonds is 5. The molecular formula is C16H27N7. The molecule has 0 radical (unpaired) electrons. The quantitative estimate of drug-likeness (QED) is 0.891. The van der Waals surface area contributed by atoms with Gasteiger partial charge in [-0.15, -0.1) is 0 Å². The maximum absolute atomic E-state index is 4.44. The summed E-state index contributed by atoms with van der Waals surface area (Å²) in [4.78, 5) is 13.7. The van der Waals surface area contributed by atoms with Crippen LogP contribution in [0.1, 0.15) is 19.0 Å². The fourth-order valence-electron chi connectivity index (χ4n) is 3.26. The Kier molecular flexibility index (Phi) is 4.77. The summed E-state index contributed by atoms with van der Waals surface area (Å²) >= 11 is 0. The van der Waals surface area contributed by atoms with E-state index >= 15 is 0 Å². The standard InChI is InChI=1S/C16H27N7/c1-12(23-9-7-21(3)8-10-23)5-6-17-15-14-13(2)20-22(4)16(14)19-11-18-15/h11-12H,5-10H2,1-4H3,(H,17,18,19)/t12-/m0/s1. The summed E-state index contributed by atoms with van der Waals surface area (Å²) in [6, 6.07) is 0.587. The Bertz CT molecular complexity index is 658. The molecule has 3 rings (SSSR count). The summed E-state index contributed by atoms with van der Waals surface area (Å²) in [5.74, 6) is 0.895. The second-order valence-electron chi connectivity index (χ2n) is 6.53. The van der Waals surface area contributed by atoms with Crippen molar-refractivity contribution in [1.82, 2.24) is 29.5 Å². The van der Waals surface area contributed by atoms with E-state index in [1.807, 2.05) is 18.7 Å². The second kappa shape index (κ2) is 6.80. The van der Waals surface area contributed by atoms with E-state index in [2.05, 4.69) is 44.2 Å². The summed E-state index contributed by atoms with van der Waals surface area (Å²) in [6.45, 7) is 9.89. The fourth-order valence-corrected chi connectivity index (χ4v) is 3.26. The summed E-state index contributed by atoms with van der Waals surface area (Å²) in [6.07, 6.45) is 2.71. The van der Waals surface area contributed by atoms with Gasteiger partial charge >= 0.3 is 0 Å². The van der Waals surface area contributed by atoms with Gasteiger partial charge in [0.1, 0.15) is 12.1 Å². The molecule has 1 saturated heterocycles. The van der Waals surface area contributed by atoms with Gasteiger partial charge in [-0.3, -0.25) is 9.58 Å². The summed E-state index contributed by atoms with van der Waals surface area (Å²) < 4.78 is 1.81. The molecule has 1 aliphatic heterocycles. The monoisotopic (exact) mass is 317 g/mol. The number of hydrogen-bond acceptors (Lipinski definition) is 6. The van der Waals surface area contributed by atoms with E-state index in [-0.39, 0.29) is 0 Å². The molecule has 1 atom stereocenters. The first-order valence-corrected chi connectivity index (χ1v) is 8.37. The number of nitrogens with one attached hydrogen (secondary N) is 1. The van der Waals surface area contributed by atoms with Crippen molar-refractivity contribution in [3.63, 3.8) is 0 Å². The lowest BCUT2D eigenvalue weighted by atomic mass is 10.1. The number of aromatic nitrogens is 4. The lowest BCUT2D eigenvalue weighted by Crippen LogP contribution is -2.48. The van der Waals surface area contributed by atoms with Gasteiger partial charge in [-0.05, 0) is 27.3 Å². The molecule has 0 bridgehead atoms. The molecule has 2 aromatic rings. The Labute approximate surface area is 137 Å². The second-order valence-corrected chi connectivity index (χ2v) is 6.53. The topological polar surface area (TPSA) is 62.1 Å². The Morgan fingerprint density at radius 2 is 1.91 bits per heavy atom. The van der Waals surface area contributed by atoms with Crippen LogP contribution in [0.25, 0.3) is 11.0 Å². The van der Waals surface area contributed by atoms with E-state index in [1.165, 1.54) is 13.1 Å².